The van der Waals surface area contributed by atoms with Gasteiger partial charge in [-0.15, -0.1) is 0 Å². The predicted octanol–water partition coefficient (Wildman–Crippen LogP) is 2.47. The highest BCUT2D eigenvalue weighted by atomic mass is 16.5. The van der Waals surface area contributed by atoms with Crippen LogP contribution in [0.25, 0.3) is 0 Å². The van der Waals surface area contributed by atoms with Crippen LogP contribution < -0.4 is 4.74 Å². The summed E-state index contributed by atoms with van der Waals surface area (Å²) in [6.07, 6.45) is 3.15. The van der Waals surface area contributed by atoms with Gasteiger partial charge in [0.05, 0.1) is 0 Å². The second kappa shape index (κ2) is 8.95. The van der Waals surface area contributed by atoms with E-state index in [2.05, 4.69) is 24.9 Å². The van der Waals surface area contributed by atoms with Gasteiger partial charge in [0.2, 0.25) is 0 Å². The summed E-state index contributed by atoms with van der Waals surface area (Å²) in [5.74, 6) is 0.978. The van der Waals surface area contributed by atoms with E-state index in [9.17, 15) is 0 Å². The maximum Gasteiger partial charge on any atom is 0.122 e. The topological polar surface area (TPSA) is 32.7 Å². The maximum atomic E-state index is 8.69. The van der Waals surface area contributed by atoms with Crippen LogP contribution in [0.4, 0.5) is 0 Å². The first-order valence-electron chi connectivity index (χ1n) is 6.72. The Morgan fingerprint density at radius 1 is 1.11 bits per heavy atom. The Hall–Kier alpha value is -1.06. The van der Waals surface area contributed by atoms with Gasteiger partial charge in [-0.05, 0) is 51.4 Å². The molecule has 0 fully saturated rings. The van der Waals surface area contributed by atoms with Gasteiger partial charge in [-0.1, -0.05) is 18.2 Å². The van der Waals surface area contributed by atoms with Gasteiger partial charge < -0.3 is 14.7 Å². The van der Waals surface area contributed by atoms with E-state index in [0.717, 1.165) is 44.7 Å². The molecule has 1 aromatic rings. The van der Waals surface area contributed by atoms with Crippen LogP contribution in [-0.2, 0) is 0 Å². The molecule has 102 valence electrons. The fourth-order valence-corrected chi connectivity index (χ4v) is 1.81. The molecule has 0 bridgehead atoms. The Balaban J connectivity index is 2.12. The standard InChI is InChI=1S/C15H25NO2/c1-14-8-4-5-9-15(14)18-13-11-16(2)10-6-3-7-12-17/h4-5,8-9,17H,3,6-7,10-13H2,1-2H3. The minimum absolute atomic E-state index is 0.306. The molecule has 1 rings (SSSR count). The maximum absolute atomic E-state index is 8.69. The summed E-state index contributed by atoms with van der Waals surface area (Å²) < 4.78 is 5.75. The first kappa shape index (κ1) is 15.0. The minimum Gasteiger partial charge on any atom is -0.492 e. The van der Waals surface area contributed by atoms with Gasteiger partial charge in [-0.25, -0.2) is 0 Å². The van der Waals surface area contributed by atoms with Crippen LogP contribution in [0.3, 0.4) is 0 Å². The van der Waals surface area contributed by atoms with Crippen molar-refractivity contribution in [3.8, 4) is 5.75 Å². The van der Waals surface area contributed by atoms with Crippen molar-refractivity contribution in [2.24, 2.45) is 0 Å². The normalized spacial score (nSPS) is 10.9. The molecule has 0 atom stereocenters. The van der Waals surface area contributed by atoms with E-state index in [0.29, 0.717) is 6.61 Å². The molecular formula is C15H25NO2. The molecule has 1 aromatic carbocycles. The van der Waals surface area contributed by atoms with Crippen molar-refractivity contribution in [1.29, 1.82) is 0 Å². The van der Waals surface area contributed by atoms with Crippen molar-refractivity contribution in [3.63, 3.8) is 0 Å². The molecule has 0 heterocycles. The van der Waals surface area contributed by atoms with Crippen molar-refractivity contribution in [2.75, 3.05) is 33.4 Å². The number of hydrogen-bond acceptors (Lipinski definition) is 3. The number of ether oxygens (including phenoxy) is 1. The predicted molar refractivity (Wildman–Crippen MR) is 75.1 cm³/mol. The fraction of sp³-hybridized carbons (Fsp3) is 0.600. The number of benzene rings is 1. The molecule has 0 radical (unpaired) electrons. The second-order valence-corrected chi connectivity index (χ2v) is 4.70. The first-order chi connectivity index (χ1) is 8.74. The fourth-order valence-electron chi connectivity index (χ4n) is 1.81. The van der Waals surface area contributed by atoms with E-state index in [1.807, 2.05) is 18.2 Å². The average molecular weight is 251 g/mol. The zero-order chi connectivity index (χ0) is 13.2. The van der Waals surface area contributed by atoms with E-state index in [4.69, 9.17) is 9.84 Å². The summed E-state index contributed by atoms with van der Waals surface area (Å²) >= 11 is 0. The third-order valence-corrected chi connectivity index (χ3v) is 3.02. The van der Waals surface area contributed by atoms with E-state index in [-0.39, 0.29) is 0 Å². The van der Waals surface area contributed by atoms with Crippen LogP contribution >= 0.6 is 0 Å². The Labute approximate surface area is 110 Å². The lowest BCUT2D eigenvalue weighted by Crippen LogP contribution is -2.25. The minimum atomic E-state index is 0.306. The molecule has 3 nitrogen and oxygen atoms in total. The molecule has 0 unspecified atom stereocenters. The monoisotopic (exact) mass is 251 g/mol. The van der Waals surface area contributed by atoms with Gasteiger partial charge in [0, 0.05) is 13.2 Å². The molecule has 18 heavy (non-hydrogen) atoms. The Kier molecular flexibility index (Phi) is 7.46. The molecular weight excluding hydrogens is 226 g/mol. The summed E-state index contributed by atoms with van der Waals surface area (Å²) in [6, 6.07) is 8.10. The number of likely N-dealkylation sites (N-methyl/N-ethyl adjacent to an activating group) is 1. The Morgan fingerprint density at radius 2 is 1.89 bits per heavy atom. The number of nitrogens with zero attached hydrogens (tertiary/aromatic N) is 1. The highest BCUT2D eigenvalue weighted by Crippen LogP contribution is 2.15. The molecule has 0 aliphatic heterocycles. The van der Waals surface area contributed by atoms with Gasteiger partial charge in [0.15, 0.2) is 0 Å². The molecule has 0 saturated heterocycles. The van der Waals surface area contributed by atoms with Gasteiger partial charge in [-0.2, -0.15) is 0 Å². The van der Waals surface area contributed by atoms with Crippen LogP contribution in [0, 0.1) is 6.92 Å². The number of hydrogen-bond donors (Lipinski definition) is 1. The summed E-state index contributed by atoms with van der Waals surface area (Å²) in [6.45, 7) is 5.10. The number of aliphatic hydroxyl groups excluding tert-OH is 1. The van der Waals surface area contributed by atoms with Gasteiger partial charge >= 0.3 is 0 Å². The average Bonchev–Trinajstić information content (AvgIpc) is 2.37. The molecule has 0 amide bonds. The van der Waals surface area contributed by atoms with Gasteiger partial charge in [0.25, 0.3) is 0 Å². The van der Waals surface area contributed by atoms with E-state index >= 15 is 0 Å². The number of aliphatic hydroxyl groups is 1. The molecule has 0 spiro atoms. The largest absolute Gasteiger partial charge is 0.492 e. The number of rotatable bonds is 9. The van der Waals surface area contributed by atoms with Crippen molar-refractivity contribution >= 4 is 0 Å². The summed E-state index contributed by atoms with van der Waals surface area (Å²) in [5, 5.41) is 8.69. The molecule has 0 aliphatic carbocycles. The molecule has 0 aromatic heterocycles. The molecule has 1 N–H and O–H groups in total. The lowest BCUT2D eigenvalue weighted by molar-refractivity contribution is 0.229. The zero-order valence-electron chi connectivity index (χ0n) is 11.6. The van der Waals surface area contributed by atoms with Crippen LogP contribution in [0.15, 0.2) is 24.3 Å². The lowest BCUT2D eigenvalue weighted by atomic mass is 10.2. The third kappa shape index (κ3) is 6.03. The van der Waals surface area contributed by atoms with E-state index in [1.165, 1.54) is 5.56 Å². The van der Waals surface area contributed by atoms with Crippen molar-refractivity contribution in [3.05, 3.63) is 29.8 Å². The van der Waals surface area contributed by atoms with E-state index < -0.39 is 0 Å². The SMILES string of the molecule is Cc1ccccc1OCCN(C)CCCCCO. The van der Waals surface area contributed by atoms with Crippen molar-refractivity contribution in [2.45, 2.75) is 26.2 Å². The van der Waals surface area contributed by atoms with Gasteiger partial charge in [-0.3, -0.25) is 0 Å². The molecule has 0 saturated carbocycles. The van der Waals surface area contributed by atoms with Crippen LogP contribution in [-0.4, -0.2) is 43.4 Å². The van der Waals surface area contributed by atoms with Crippen molar-refractivity contribution < 1.29 is 9.84 Å². The van der Waals surface area contributed by atoms with Crippen LogP contribution in [0.1, 0.15) is 24.8 Å². The first-order valence-corrected chi connectivity index (χ1v) is 6.72. The summed E-state index contributed by atoms with van der Waals surface area (Å²) in [4.78, 5) is 2.27. The number of para-hydroxylation sites is 1. The zero-order valence-corrected chi connectivity index (χ0v) is 11.6. The third-order valence-electron chi connectivity index (χ3n) is 3.02. The highest BCUT2D eigenvalue weighted by molar-refractivity contribution is 5.31. The number of aryl methyl sites for hydroxylation is 1. The summed E-state index contributed by atoms with van der Waals surface area (Å²) in [5.41, 5.74) is 1.18. The molecule has 3 heteroatoms. The Morgan fingerprint density at radius 3 is 2.61 bits per heavy atom. The Bertz CT molecular complexity index is 328. The second-order valence-electron chi connectivity index (χ2n) is 4.70. The highest BCUT2D eigenvalue weighted by Gasteiger charge is 2.00. The number of unbranched alkanes of at least 4 members (excludes halogenated alkanes) is 2. The van der Waals surface area contributed by atoms with Gasteiger partial charge in [0.1, 0.15) is 12.4 Å². The smallest absolute Gasteiger partial charge is 0.122 e. The van der Waals surface area contributed by atoms with E-state index in [1.54, 1.807) is 0 Å². The lowest BCUT2D eigenvalue weighted by Gasteiger charge is -2.17. The quantitative estimate of drug-likeness (QED) is 0.684. The van der Waals surface area contributed by atoms with Crippen molar-refractivity contribution in [1.82, 2.24) is 4.90 Å². The van der Waals surface area contributed by atoms with Crippen LogP contribution in [0.2, 0.25) is 0 Å². The molecule has 0 aliphatic rings. The van der Waals surface area contributed by atoms with Crippen LogP contribution in [0.5, 0.6) is 5.75 Å². The summed E-state index contributed by atoms with van der Waals surface area (Å²) in [7, 11) is 2.11.